The third-order valence-electron chi connectivity index (χ3n) is 6.70. The fourth-order valence-electron chi connectivity index (χ4n) is 4.99. The van der Waals surface area contributed by atoms with Gasteiger partial charge < -0.3 is 15.0 Å². The average molecular weight is 439 g/mol. The van der Waals surface area contributed by atoms with E-state index in [2.05, 4.69) is 5.32 Å². The maximum Gasteiger partial charge on any atom is 0.227 e. The van der Waals surface area contributed by atoms with Crippen molar-refractivity contribution in [3.05, 3.63) is 59.9 Å². The Kier molecular flexibility index (Phi) is 7.08. The smallest absolute Gasteiger partial charge is 0.227 e. The van der Waals surface area contributed by atoms with Crippen molar-refractivity contribution in [1.82, 2.24) is 5.32 Å². The number of ether oxygens (including phenoxy) is 1. The quantitative estimate of drug-likeness (QED) is 0.656. The molecule has 2 atom stereocenters. The van der Waals surface area contributed by atoms with Crippen LogP contribution >= 0.6 is 0 Å². The maximum atomic E-state index is 13.7. The lowest BCUT2D eigenvalue weighted by Crippen LogP contribution is -2.50. The number of carbonyl (C=O) groups excluding carboxylic acids is 2. The second kappa shape index (κ2) is 10.2. The summed E-state index contributed by atoms with van der Waals surface area (Å²) >= 11 is 0. The summed E-state index contributed by atoms with van der Waals surface area (Å²) < 4.78 is 18.9. The first-order chi connectivity index (χ1) is 15.6. The van der Waals surface area contributed by atoms with E-state index in [-0.39, 0.29) is 23.7 Å². The highest BCUT2D eigenvalue weighted by atomic mass is 19.1. The van der Waals surface area contributed by atoms with E-state index >= 15 is 0 Å². The summed E-state index contributed by atoms with van der Waals surface area (Å²) in [7, 11) is 1.59. The zero-order valence-corrected chi connectivity index (χ0v) is 18.6. The van der Waals surface area contributed by atoms with Gasteiger partial charge in [0.1, 0.15) is 11.6 Å². The molecule has 170 valence electrons. The number of amides is 2. The highest BCUT2D eigenvalue weighted by Crippen LogP contribution is 2.40. The predicted octanol–water partition coefficient (Wildman–Crippen LogP) is 5.16. The number of rotatable bonds is 5. The van der Waals surface area contributed by atoms with Crippen molar-refractivity contribution >= 4 is 17.5 Å². The van der Waals surface area contributed by atoms with E-state index in [1.54, 1.807) is 36.3 Å². The minimum Gasteiger partial charge on any atom is -0.497 e. The van der Waals surface area contributed by atoms with Crippen LogP contribution in [0.5, 0.6) is 5.75 Å². The van der Waals surface area contributed by atoms with Crippen molar-refractivity contribution in [3.63, 3.8) is 0 Å². The second-order valence-electron chi connectivity index (χ2n) is 8.80. The highest BCUT2D eigenvalue weighted by molar-refractivity contribution is 5.97. The molecule has 2 aliphatic rings. The molecule has 0 unspecified atom stereocenters. The number of methoxy groups -OCH3 is 1. The Hall–Kier alpha value is -2.89. The van der Waals surface area contributed by atoms with Gasteiger partial charge in [-0.3, -0.25) is 9.59 Å². The van der Waals surface area contributed by atoms with Gasteiger partial charge in [0, 0.05) is 18.2 Å². The zero-order chi connectivity index (χ0) is 22.5. The lowest BCUT2D eigenvalue weighted by molar-refractivity contribution is -0.130. The monoisotopic (exact) mass is 438 g/mol. The lowest BCUT2D eigenvalue weighted by atomic mass is 9.83. The number of nitrogens with zero attached hydrogens (tertiary/aromatic N) is 1. The molecule has 1 heterocycles. The van der Waals surface area contributed by atoms with E-state index in [0.717, 1.165) is 31.2 Å². The molecule has 2 fully saturated rings. The second-order valence-corrected chi connectivity index (χ2v) is 8.80. The van der Waals surface area contributed by atoms with Crippen molar-refractivity contribution in [3.8, 4) is 5.75 Å². The third kappa shape index (κ3) is 4.95. The van der Waals surface area contributed by atoms with Crippen molar-refractivity contribution in [2.75, 3.05) is 12.0 Å². The average Bonchev–Trinajstić information content (AvgIpc) is 3.08. The van der Waals surface area contributed by atoms with Crippen molar-refractivity contribution in [2.45, 2.75) is 63.5 Å². The number of hydrogen-bond acceptors (Lipinski definition) is 3. The number of halogens is 1. The molecule has 5 nitrogen and oxygen atoms in total. The largest absolute Gasteiger partial charge is 0.497 e. The van der Waals surface area contributed by atoms with Crippen LogP contribution in [-0.2, 0) is 9.59 Å². The van der Waals surface area contributed by atoms with Crippen LogP contribution in [0.3, 0.4) is 0 Å². The topological polar surface area (TPSA) is 58.6 Å². The van der Waals surface area contributed by atoms with Gasteiger partial charge in [-0.2, -0.15) is 0 Å². The Bertz CT molecular complexity index is 921. The minimum atomic E-state index is -0.490. The third-order valence-corrected chi connectivity index (χ3v) is 6.70. The first-order valence-corrected chi connectivity index (χ1v) is 11.6. The van der Waals surface area contributed by atoms with Gasteiger partial charge in [-0.05, 0) is 61.2 Å². The van der Waals surface area contributed by atoms with Crippen LogP contribution in [0.4, 0.5) is 10.1 Å². The Morgan fingerprint density at radius 2 is 1.62 bits per heavy atom. The van der Waals surface area contributed by atoms with Crippen molar-refractivity contribution < 1.29 is 18.7 Å². The van der Waals surface area contributed by atoms with Crippen LogP contribution in [-0.4, -0.2) is 25.0 Å². The summed E-state index contributed by atoms with van der Waals surface area (Å²) in [6, 6.07) is 13.1. The van der Waals surface area contributed by atoms with Gasteiger partial charge in [0.25, 0.3) is 0 Å². The maximum absolute atomic E-state index is 13.7. The molecule has 2 amide bonds. The van der Waals surface area contributed by atoms with E-state index in [4.69, 9.17) is 4.74 Å². The Balaban J connectivity index is 1.66. The lowest BCUT2D eigenvalue weighted by Gasteiger charge is -2.41. The van der Waals surface area contributed by atoms with Gasteiger partial charge in [0.15, 0.2) is 0 Å². The predicted molar refractivity (Wildman–Crippen MR) is 122 cm³/mol. The van der Waals surface area contributed by atoms with E-state index in [9.17, 15) is 14.0 Å². The van der Waals surface area contributed by atoms with Crippen LogP contribution in [0.2, 0.25) is 0 Å². The molecule has 0 bridgehead atoms. The molecule has 2 aromatic carbocycles. The zero-order valence-electron chi connectivity index (χ0n) is 18.6. The summed E-state index contributed by atoms with van der Waals surface area (Å²) in [5.74, 6) is -0.103. The molecule has 1 saturated heterocycles. The number of hydrogen-bond donors (Lipinski definition) is 1. The SMILES string of the molecule is COc1ccc(N2C(=O)CC[C@@H](C(=O)NC3CCCCCC3)[C@H]2c2ccc(F)cc2)cc1. The van der Waals surface area contributed by atoms with Gasteiger partial charge in [0.2, 0.25) is 11.8 Å². The van der Waals surface area contributed by atoms with Crippen molar-refractivity contribution in [2.24, 2.45) is 5.92 Å². The molecular formula is C26H31FN2O3. The van der Waals surface area contributed by atoms with Gasteiger partial charge in [-0.25, -0.2) is 4.39 Å². The van der Waals surface area contributed by atoms with Crippen LogP contribution in [0.25, 0.3) is 0 Å². The molecule has 1 N–H and O–H groups in total. The normalized spacial score (nSPS) is 22.3. The molecule has 4 rings (SSSR count). The molecule has 32 heavy (non-hydrogen) atoms. The standard InChI is InChI=1S/C26H31FN2O3/c1-32-22-14-12-21(13-15-22)29-24(30)17-16-23(25(29)18-8-10-19(27)11-9-18)26(31)28-20-6-4-2-3-5-7-20/h8-15,20,23,25H,2-7,16-17H2,1H3,(H,28,31)/t23-,25-/m1/s1. The van der Waals surface area contributed by atoms with Crippen LogP contribution in [0, 0.1) is 11.7 Å². The first kappa shape index (κ1) is 22.3. The number of anilines is 1. The first-order valence-electron chi connectivity index (χ1n) is 11.6. The molecule has 1 saturated carbocycles. The van der Waals surface area contributed by atoms with Gasteiger partial charge in [-0.1, -0.05) is 37.8 Å². The Labute approximate surface area is 188 Å². The summed E-state index contributed by atoms with van der Waals surface area (Å²) in [4.78, 5) is 28.3. The molecule has 1 aliphatic carbocycles. The van der Waals surface area contributed by atoms with Gasteiger partial charge in [-0.15, -0.1) is 0 Å². The summed E-state index contributed by atoms with van der Waals surface area (Å²) in [6.07, 6.45) is 7.47. The fraction of sp³-hybridized carbons (Fsp3) is 0.462. The number of nitrogens with one attached hydrogen (secondary N) is 1. The molecular weight excluding hydrogens is 407 g/mol. The van der Waals surface area contributed by atoms with E-state index in [1.165, 1.54) is 25.0 Å². The molecule has 1 aliphatic heterocycles. The highest BCUT2D eigenvalue weighted by Gasteiger charge is 2.41. The molecule has 6 heteroatoms. The number of carbonyl (C=O) groups is 2. The summed E-state index contributed by atoms with van der Waals surface area (Å²) in [5, 5.41) is 3.27. The van der Waals surface area contributed by atoms with E-state index in [1.807, 2.05) is 12.1 Å². The Morgan fingerprint density at radius 3 is 2.25 bits per heavy atom. The van der Waals surface area contributed by atoms with Crippen LogP contribution in [0.1, 0.15) is 63.0 Å². The van der Waals surface area contributed by atoms with Crippen molar-refractivity contribution in [1.29, 1.82) is 0 Å². The summed E-state index contributed by atoms with van der Waals surface area (Å²) in [6.45, 7) is 0. The van der Waals surface area contributed by atoms with E-state index < -0.39 is 12.0 Å². The minimum absolute atomic E-state index is 0.0164. The number of benzene rings is 2. The number of piperidine rings is 1. The van der Waals surface area contributed by atoms with Gasteiger partial charge in [0.05, 0.1) is 19.1 Å². The van der Waals surface area contributed by atoms with Gasteiger partial charge >= 0.3 is 0 Å². The molecule has 2 aromatic rings. The van der Waals surface area contributed by atoms with Crippen LogP contribution in [0.15, 0.2) is 48.5 Å². The fourth-order valence-corrected chi connectivity index (χ4v) is 4.99. The Morgan fingerprint density at radius 1 is 0.969 bits per heavy atom. The summed E-state index contributed by atoms with van der Waals surface area (Å²) in [5.41, 5.74) is 1.47. The molecule has 0 spiro atoms. The molecule has 0 radical (unpaired) electrons. The molecule has 0 aromatic heterocycles. The van der Waals surface area contributed by atoms with Crippen LogP contribution < -0.4 is 15.0 Å². The van der Waals surface area contributed by atoms with E-state index in [0.29, 0.717) is 24.3 Å².